The highest BCUT2D eigenvalue weighted by Gasteiger charge is 2.37. The Morgan fingerprint density at radius 2 is 1.66 bits per heavy atom. The van der Waals surface area contributed by atoms with Gasteiger partial charge in [-0.25, -0.2) is 0 Å². The molecule has 4 aromatic rings. The van der Waals surface area contributed by atoms with Crippen LogP contribution in [0.4, 0.5) is 11.4 Å². The first-order valence-corrected chi connectivity index (χ1v) is 13.3. The van der Waals surface area contributed by atoms with Crippen LogP contribution in [0.25, 0.3) is 11.0 Å². The first-order valence-electron chi connectivity index (χ1n) is 12.9. The lowest BCUT2D eigenvalue weighted by molar-refractivity contribution is -0.116. The van der Waals surface area contributed by atoms with Crippen LogP contribution in [0.15, 0.2) is 93.5 Å². The van der Waals surface area contributed by atoms with E-state index in [1.54, 1.807) is 18.2 Å². The van der Waals surface area contributed by atoms with Crippen LogP contribution in [0.1, 0.15) is 62.3 Å². The molecule has 0 bridgehead atoms. The number of anilines is 2. The van der Waals surface area contributed by atoms with Crippen LogP contribution in [-0.4, -0.2) is 5.78 Å². The standard InChI is InChI=1S/C32H29ClN2O3/c1-32(2,3)20-10-8-18(9-11-20)19-14-26-29(27(36)15-19)30(35-25-7-5-4-6-24(25)34-26)23-17-38-28-13-12-21(33)16-22(28)31(23)37/h4-13,16-17,19,30,34-35H,14-15H2,1-3H3. The number of ketones is 1. The number of nitrogens with one attached hydrogen (secondary N) is 2. The summed E-state index contributed by atoms with van der Waals surface area (Å²) in [4.78, 5) is 27.5. The summed E-state index contributed by atoms with van der Waals surface area (Å²) in [6.07, 6.45) is 2.50. The molecule has 1 aromatic heterocycles. The fourth-order valence-electron chi connectivity index (χ4n) is 5.53. The third-order valence-corrected chi connectivity index (χ3v) is 7.86. The quantitative estimate of drug-likeness (QED) is 0.281. The Labute approximate surface area is 226 Å². The van der Waals surface area contributed by atoms with Crippen LogP contribution in [-0.2, 0) is 10.2 Å². The van der Waals surface area contributed by atoms with Crippen molar-refractivity contribution in [2.75, 3.05) is 10.6 Å². The van der Waals surface area contributed by atoms with Gasteiger partial charge < -0.3 is 15.1 Å². The monoisotopic (exact) mass is 524 g/mol. The van der Waals surface area contributed by atoms with Gasteiger partial charge in [-0.2, -0.15) is 0 Å². The first kappa shape index (κ1) is 24.5. The molecule has 2 N–H and O–H groups in total. The van der Waals surface area contributed by atoms with Crippen LogP contribution < -0.4 is 16.1 Å². The van der Waals surface area contributed by atoms with E-state index < -0.39 is 6.04 Å². The number of benzene rings is 3. The summed E-state index contributed by atoms with van der Waals surface area (Å²) in [6.45, 7) is 6.59. The smallest absolute Gasteiger partial charge is 0.198 e. The summed E-state index contributed by atoms with van der Waals surface area (Å²) < 4.78 is 5.85. The molecule has 0 spiro atoms. The minimum absolute atomic E-state index is 0.0135. The number of rotatable bonds is 2. The number of allylic oxidation sites excluding steroid dienone is 1. The summed E-state index contributed by atoms with van der Waals surface area (Å²) >= 11 is 6.19. The zero-order valence-corrected chi connectivity index (χ0v) is 22.4. The fourth-order valence-corrected chi connectivity index (χ4v) is 5.71. The van der Waals surface area contributed by atoms with E-state index in [1.807, 2.05) is 24.3 Å². The first-order chi connectivity index (χ1) is 18.2. The second-order valence-electron chi connectivity index (χ2n) is 11.2. The van der Waals surface area contributed by atoms with Gasteiger partial charge in [0.2, 0.25) is 0 Å². The number of para-hydroxylation sites is 2. The van der Waals surface area contributed by atoms with Crippen molar-refractivity contribution in [3.05, 3.63) is 116 Å². The van der Waals surface area contributed by atoms with Crippen molar-refractivity contribution in [1.82, 2.24) is 0 Å². The zero-order chi connectivity index (χ0) is 26.6. The van der Waals surface area contributed by atoms with E-state index in [0.29, 0.717) is 40.0 Å². The third-order valence-electron chi connectivity index (χ3n) is 7.63. The lowest BCUT2D eigenvalue weighted by Gasteiger charge is -2.30. The number of hydrogen-bond acceptors (Lipinski definition) is 5. The molecule has 1 aliphatic heterocycles. The molecule has 2 heterocycles. The minimum Gasteiger partial charge on any atom is -0.464 e. The van der Waals surface area contributed by atoms with Gasteiger partial charge in [0, 0.05) is 22.7 Å². The Bertz CT molecular complexity index is 1660. The third kappa shape index (κ3) is 4.31. The van der Waals surface area contributed by atoms with Crippen molar-refractivity contribution >= 4 is 39.7 Å². The number of fused-ring (bicyclic) bond motifs is 2. The molecule has 0 fully saturated rings. The second kappa shape index (κ2) is 9.17. The topological polar surface area (TPSA) is 71.3 Å². The van der Waals surface area contributed by atoms with Gasteiger partial charge in [0.25, 0.3) is 0 Å². The van der Waals surface area contributed by atoms with E-state index in [-0.39, 0.29) is 22.5 Å². The largest absolute Gasteiger partial charge is 0.464 e. The Balaban J connectivity index is 1.46. The van der Waals surface area contributed by atoms with E-state index in [1.165, 1.54) is 11.8 Å². The number of hydrogen-bond donors (Lipinski definition) is 2. The maximum atomic E-state index is 13.9. The summed E-state index contributed by atoms with van der Waals surface area (Å²) in [6, 6.07) is 20.8. The van der Waals surface area contributed by atoms with Crippen LogP contribution >= 0.6 is 11.6 Å². The van der Waals surface area contributed by atoms with Gasteiger partial charge in [0.1, 0.15) is 11.8 Å². The van der Waals surface area contributed by atoms with Crippen molar-refractivity contribution in [2.45, 2.75) is 51.0 Å². The highest BCUT2D eigenvalue weighted by atomic mass is 35.5. The van der Waals surface area contributed by atoms with Crippen molar-refractivity contribution in [3.8, 4) is 0 Å². The molecular formula is C32H29ClN2O3. The number of halogens is 1. The number of carbonyl (C=O) groups is 1. The molecule has 0 amide bonds. The number of Topliss-reactive ketones (excluding diaryl/α,β-unsaturated/α-hetero) is 1. The Morgan fingerprint density at radius 1 is 0.921 bits per heavy atom. The Morgan fingerprint density at radius 3 is 2.39 bits per heavy atom. The predicted octanol–water partition coefficient (Wildman–Crippen LogP) is 7.72. The molecule has 0 radical (unpaired) electrons. The average Bonchev–Trinajstić information content (AvgIpc) is 3.06. The van der Waals surface area contributed by atoms with Gasteiger partial charge >= 0.3 is 0 Å². The molecule has 5 nitrogen and oxygen atoms in total. The molecule has 0 saturated carbocycles. The number of carbonyl (C=O) groups excluding carboxylic acids is 1. The molecule has 38 heavy (non-hydrogen) atoms. The van der Waals surface area contributed by atoms with E-state index in [4.69, 9.17) is 16.0 Å². The molecular weight excluding hydrogens is 496 g/mol. The molecule has 2 aliphatic rings. The highest BCUT2D eigenvalue weighted by molar-refractivity contribution is 6.31. The summed E-state index contributed by atoms with van der Waals surface area (Å²) in [7, 11) is 0. The summed E-state index contributed by atoms with van der Waals surface area (Å²) in [5.74, 6) is 0.0556. The average molecular weight is 525 g/mol. The highest BCUT2D eigenvalue weighted by Crippen LogP contribution is 2.44. The maximum absolute atomic E-state index is 13.9. The maximum Gasteiger partial charge on any atom is 0.198 e. The van der Waals surface area contributed by atoms with Crippen LogP contribution in [0, 0.1) is 0 Å². The lowest BCUT2D eigenvalue weighted by Crippen LogP contribution is -2.29. The lowest BCUT2D eigenvalue weighted by atomic mass is 9.78. The van der Waals surface area contributed by atoms with Gasteiger partial charge in [-0.1, -0.05) is 68.8 Å². The zero-order valence-electron chi connectivity index (χ0n) is 21.6. The fraction of sp³-hybridized carbons (Fsp3) is 0.250. The molecule has 0 saturated heterocycles. The van der Waals surface area contributed by atoms with Crippen LogP contribution in [0.3, 0.4) is 0 Å². The summed E-state index contributed by atoms with van der Waals surface area (Å²) in [5, 5.41) is 7.85. The van der Waals surface area contributed by atoms with E-state index in [0.717, 1.165) is 22.6 Å². The molecule has 3 aromatic carbocycles. The molecule has 6 rings (SSSR count). The van der Waals surface area contributed by atoms with E-state index >= 15 is 0 Å². The van der Waals surface area contributed by atoms with Crippen molar-refractivity contribution in [1.29, 1.82) is 0 Å². The van der Waals surface area contributed by atoms with E-state index in [2.05, 4.69) is 55.7 Å². The van der Waals surface area contributed by atoms with Crippen LogP contribution in [0.2, 0.25) is 5.02 Å². The van der Waals surface area contributed by atoms with Crippen molar-refractivity contribution < 1.29 is 9.21 Å². The molecule has 6 heteroatoms. The predicted molar refractivity (Wildman–Crippen MR) is 153 cm³/mol. The van der Waals surface area contributed by atoms with Gasteiger partial charge in [0.15, 0.2) is 11.2 Å². The molecule has 1 aliphatic carbocycles. The van der Waals surface area contributed by atoms with Gasteiger partial charge in [-0.3, -0.25) is 9.59 Å². The minimum atomic E-state index is -0.655. The summed E-state index contributed by atoms with van der Waals surface area (Å²) in [5.41, 5.74) is 6.20. The van der Waals surface area contributed by atoms with E-state index in [9.17, 15) is 9.59 Å². The van der Waals surface area contributed by atoms with Crippen LogP contribution in [0.5, 0.6) is 0 Å². The molecule has 2 unspecified atom stereocenters. The Kier molecular flexibility index (Phi) is 5.92. The van der Waals surface area contributed by atoms with Gasteiger partial charge in [0.05, 0.1) is 28.4 Å². The normalized spacial score (nSPS) is 19.3. The Hall–Kier alpha value is -3.83. The van der Waals surface area contributed by atoms with Gasteiger partial charge in [-0.15, -0.1) is 0 Å². The van der Waals surface area contributed by atoms with Gasteiger partial charge in [-0.05, 0) is 59.2 Å². The molecule has 192 valence electrons. The van der Waals surface area contributed by atoms with Crippen molar-refractivity contribution in [3.63, 3.8) is 0 Å². The second-order valence-corrected chi connectivity index (χ2v) is 11.6. The molecule has 2 atom stereocenters. The SMILES string of the molecule is CC(C)(C)c1ccc(C2CC(=O)C3=C(C2)Nc2ccccc2NC3c2coc3ccc(Cl)cc3c2=O)cc1. The van der Waals surface area contributed by atoms with Crippen molar-refractivity contribution in [2.24, 2.45) is 0 Å².